The highest BCUT2D eigenvalue weighted by Crippen LogP contribution is 2.32. The van der Waals surface area contributed by atoms with Crippen molar-refractivity contribution in [2.75, 3.05) is 21.2 Å². The van der Waals surface area contributed by atoms with Crippen LogP contribution in [0.5, 0.6) is 0 Å². The first kappa shape index (κ1) is 25.3. The predicted octanol–water partition coefficient (Wildman–Crippen LogP) is 5.05. The number of hydrogen-bond donors (Lipinski definition) is 0. The minimum atomic E-state index is -0.603. The summed E-state index contributed by atoms with van der Waals surface area (Å²) in [7, 11) is 4.52. The van der Waals surface area contributed by atoms with E-state index in [0.29, 0.717) is 27.5 Å². The second-order valence-corrected chi connectivity index (χ2v) is 9.98. The molecule has 5 rings (SSSR count). The first-order chi connectivity index (χ1) is 18.2. The maximum Gasteiger partial charge on any atom is 0.338 e. The number of imidazole rings is 1. The van der Waals surface area contributed by atoms with E-state index in [-0.39, 0.29) is 22.9 Å². The highest BCUT2D eigenvalue weighted by molar-refractivity contribution is 9.10. The molecule has 3 aromatic heterocycles. The molecule has 9 nitrogen and oxygen atoms in total. The number of carbonyl (C=O) groups excluding carboxylic acids is 3. The molecule has 0 spiro atoms. The van der Waals surface area contributed by atoms with Gasteiger partial charge in [-0.25, -0.2) is 14.6 Å². The molecule has 0 aliphatic carbocycles. The van der Waals surface area contributed by atoms with E-state index in [1.54, 1.807) is 50.8 Å². The van der Waals surface area contributed by atoms with Crippen molar-refractivity contribution in [2.45, 2.75) is 13.5 Å². The highest BCUT2D eigenvalue weighted by atomic mass is 79.9. The Balaban J connectivity index is 1.56. The van der Waals surface area contributed by atoms with Gasteiger partial charge in [0, 0.05) is 54.0 Å². The van der Waals surface area contributed by atoms with Gasteiger partial charge in [-0.2, -0.15) is 0 Å². The number of methoxy groups -OCH3 is 1. The van der Waals surface area contributed by atoms with Crippen molar-refractivity contribution in [1.29, 1.82) is 0 Å². The third kappa shape index (κ3) is 4.37. The molecule has 0 bridgehead atoms. The topological polar surface area (TPSA) is 99.3 Å². The molecule has 2 aromatic carbocycles. The number of nitrogens with zero attached hydrogens (tertiary/aromatic N) is 5. The second-order valence-electron chi connectivity index (χ2n) is 9.06. The monoisotopic (exact) mass is 573 g/mol. The van der Waals surface area contributed by atoms with Crippen LogP contribution in [0.15, 0.2) is 65.5 Å². The molecule has 0 atom stereocenters. The van der Waals surface area contributed by atoms with Crippen LogP contribution in [0.1, 0.15) is 37.7 Å². The molecule has 38 heavy (non-hydrogen) atoms. The van der Waals surface area contributed by atoms with Crippen molar-refractivity contribution >= 4 is 55.6 Å². The van der Waals surface area contributed by atoms with E-state index < -0.39 is 5.97 Å². The summed E-state index contributed by atoms with van der Waals surface area (Å²) < 4.78 is 9.02. The van der Waals surface area contributed by atoms with Crippen LogP contribution in [0, 0.1) is 6.92 Å². The lowest BCUT2D eigenvalue weighted by Crippen LogP contribution is -2.26. The molecule has 0 unspecified atom stereocenters. The lowest BCUT2D eigenvalue weighted by Gasteiger charge is -2.12. The number of esters is 1. The van der Waals surface area contributed by atoms with Crippen LogP contribution in [-0.2, 0) is 11.3 Å². The zero-order valence-corrected chi connectivity index (χ0v) is 22.8. The van der Waals surface area contributed by atoms with Crippen molar-refractivity contribution in [1.82, 2.24) is 24.0 Å². The smallest absolute Gasteiger partial charge is 0.338 e. The van der Waals surface area contributed by atoms with Gasteiger partial charge in [0.2, 0.25) is 0 Å². The number of fused-ring (bicyclic) bond motifs is 2. The van der Waals surface area contributed by atoms with Crippen LogP contribution < -0.4 is 0 Å². The third-order valence-electron chi connectivity index (χ3n) is 6.41. The number of carbonyl (C=O) groups is 3. The molecule has 1 amide bonds. The van der Waals surface area contributed by atoms with Crippen molar-refractivity contribution in [3.05, 3.63) is 93.6 Å². The molecular formula is C28H24BrN5O4. The van der Waals surface area contributed by atoms with Crippen molar-refractivity contribution < 1.29 is 19.1 Å². The number of benzene rings is 2. The number of aryl methyl sites for hydroxylation is 1. The summed E-state index contributed by atoms with van der Waals surface area (Å²) in [5.74, 6) is -0.0448. The largest absolute Gasteiger partial charge is 0.465 e. The number of amides is 1. The number of halogens is 1. The van der Waals surface area contributed by atoms with Crippen LogP contribution in [0.3, 0.4) is 0 Å². The van der Waals surface area contributed by atoms with Gasteiger partial charge >= 0.3 is 12.0 Å². The molecule has 0 aliphatic rings. The molecule has 10 heteroatoms. The van der Waals surface area contributed by atoms with Gasteiger partial charge in [-0.15, -0.1) is 0 Å². The Labute approximate surface area is 226 Å². The zero-order chi connectivity index (χ0) is 27.1. The predicted molar refractivity (Wildman–Crippen MR) is 147 cm³/mol. The van der Waals surface area contributed by atoms with Crippen LogP contribution >= 0.6 is 15.9 Å². The number of hydrogen-bond acceptors (Lipinski definition) is 6. The molecule has 0 N–H and O–H groups in total. The summed E-state index contributed by atoms with van der Waals surface area (Å²) in [4.78, 5) is 49.4. The summed E-state index contributed by atoms with van der Waals surface area (Å²) in [5.41, 5.74) is 4.09. The Morgan fingerprint density at radius 3 is 2.45 bits per heavy atom. The number of aromatic nitrogens is 4. The summed E-state index contributed by atoms with van der Waals surface area (Å²) in [6, 6.07) is 12.2. The van der Waals surface area contributed by atoms with E-state index in [9.17, 15) is 14.4 Å². The molecule has 0 radical (unpaired) electrons. The number of pyridine rings is 1. The van der Waals surface area contributed by atoms with Crippen LogP contribution in [0.2, 0.25) is 0 Å². The standard InChI is InChI=1S/C28H24BrN5O4/c1-16-31-22-13-30-10-9-23(22)33(16)14-17-5-7-18(8-6-17)26(35)21-15-34(28(37)32(2)3)24-12-19(29)11-20(25(21)24)27(36)38-4/h5-13,15H,14H2,1-4H3. The number of rotatable bonds is 5. The fourth-order valence-corrected chi connectivity index (χ4v) is 4.99. The van der Waals surface area contributed by atoms with Crippen LogP contribution in [-0.4, -0.2) is 63.0 Å². The van der Waals surface area contributed by atoms with Gasteiger partial charge in [0.05, 0.1) is 29.9 Å². The minimum Gasteiger partial charge on any atom is -0.465 e. The highest BCUT2D eigenvalue weighted by Gasteiger charge is 2.26. The Morgan fingerprint density at radius 1 is 1.03 bits per heavy atom. The normalized spacial score (nSPS) is 11.2. The lowest BCUT2D eigenvalue weighted by molar-refractivity contribution is 0.0603. The van der Waals surface area contributed by atoms with Crippen molar-refractivity contribution in [3.8, 4) is 0 Å². The van der Waals surface area contributed by atoms with E-state index >= 15 is 0 Å². The maximum absolute atomic E-state index is 13.7. The Bertz CT molecular complexity index is 1730. The molecule has 192 valence electrons. The van der Waals surface area contributed by atoms with Gasteiger partial charge in [0.25, 0.3) is 0 Å². The van der Waals surface area contributed by atoms with Gasteiger partial charge in [0.1, 0.15) is 11.3 Å². The third-order valence-corrected chi connectivity index (χ3v) is 6.86. The molecular weight excluding hydrogens is 550 g/mol. The Morgan fingerprint density at radius 2 is 1.76 bits per heavy atom. The molecule has 0 saturated heterocycles. The molecule has 0 aliphatic heterocycles. The minimum absolute atomic E-state index is 0.194. The maximum atomic E-state index is 13.7. The molecule has 3 heterocycles. The summed E-state index contributed by atoms with van der Waals surface area (Å²) in [6.45, 7) is 2.53. The lowest BCUT2D eigenvalue weighted by atomic mass is 9.98. The fourth-order valence-electron chi connectivity index (χ4n) is 4.55. The van der Waals surface area contributed by atoms with Crippen molar-refractivity contribution in [3.63, 3.8) is 0 Å². The Hall–Kier alpha value is -4.31. The van der Waals surface area contributed by atoms with E-state index in [1.807, 2.05) is 25.1 Å². The quantitative estimate of drug-likeness (QED) is 0.215. The fraction of sp³-hybridized carbons (Fsp3) is 0.179. The number of ether oxygens (including phenoxy) is 1. The van der Waals surface area contributed by atoms with E-state index in [4.69, 9.17) is 4.74 Å². The average molecular weight is 574 g/mol. The van der Waals surface area contributed by atoms with E-state index in [1.165, 1.54) is 22.8 Å². The summed E-state index contributed by atoms with van der Waals surface area (Å²) in [5, 5.41) is 0.360. The van der Waals surface area contributed by atoms with Gasteiger partial charge in [-0.1, -0.05) is 40.2 Å². The first-order valence-electron chi connectivity index (χ1n) is 11.7. The second kappa shape index (κ2) is 9.86. The van der Waals surface area contributed by atoms with E-state index in [0.717, 1.165) is 22.4 Å². The van der Waals surface area contributed by atoms with Gasteiger partial charge in [-0.3, -0.25) is 14.3 Å². The molecule has 5 aromatic rings. The zero-order valence-electron chi connectivity index (χ0n) is 21.2. The first-order valence-corrected chi connectivity index (χ1v) is 12.5. The van der Waals surface area contributed by atoms with Crippen LogP contribution in [0.25, 0.3) is 21.9 Å². The summed E-state index contributed by atoms with van der Waals surface area (Å²) in [6.07, 6.45) is 4.96. The van der Waals surface area contributed by atoms with Gasteiger partial charge < -0.3 is 14.2 Å². The Kier molecular flexibility index (Phi) is 6.58. The number of ketones is 1. The summed E-state index contributed by atoms with van der Waals surface area (Å²) >= 11 is 3.40. The molecule has 0 saturated carbocycles. The molecule has 0 fully saturated rings. The SMILES string of the molecule is COC(=O)c1cc(Br)cc2c1c(C(=O)c1ccc(Cn3c(C)nc4cnccc43)cc1)cn2C(=O)N(C)C. The van der Waals surface area contributed by atoms with Gasteiger partial charge in [-0.05, 0) is 30.7 Å². The van der Waals surface area contributed by atoms with Crippen LogP contribution in [0.4, 0.5) is 4.79 Å². The van der Waals surface area contributed by atoms with Crippen molar-refractivity contribution in [2.24, 2.45) is 0 Å². The average Bonchev–Trinajstić information content (AvgIpc) is 3.44. The van der Waals surface area contributed by atoms with Gasteiger partial charge in [0.15, 0.2) is 5.78 Å². The van der Waals surface area contributed by atoms with E-state index in [2.05, 4.69) is 30.5 Å².